The number of carbonyl (C=O) groups excluding carboxylic acids is 2. The van der Waals surface area contributed by atoms with Gasteiger partial charge in [-0.05, 0) is 18.6 Å². The van der Waals surface area contributed by atoms with Crippen LogP contribution in [-0.2, 0) is 9.59 Å². The van der Waals surface area contributed by atoms with Gasteiger partial charge in [-0.15, -0.1) is 0 Å². The van der Waals surface area contributed by atoms with Gasteiger partial charge in [0.25, 0.3) is 0 Å². The first-order valence-corrected chi connectivity index (χ1v) is 6.97. The Balaban J connectivity index is 1.88. The maximum Gasteiger partial charge on any atom is 0.234 e. The van der Waals surface area contributed by atoms with E-state index in [-0.39, 0.29) is 30.9 Å². The third kappa shape index (κ3) is 3.95. The molecule has 1 atom stereocenters. The van der Waals surface area contributed by atoms with Gasteiger partial charge in [0, 0.05) is 18.1 Å². The van der Waals surface area contributed by atoms with Gasteiger partial charge in [-0.1, -0.05) is 29.8 Å². The Morgan fingerprint density at radius 1 is 1.50 bits per heavy atom. The lowest BCUT2D eigenvalue weighted by molar-refractivity contribution is -0.127. The summed E-state index contributed by atoms with van der Waals surface area (Å²) in [7, 11) is 0. The zero-order valence-electron chi connectivity index (χ0n) is 11.4. The van der Waals surface area contributed by atoms with Gasteiger partial charge in [0.15, 0.2) is 0 Å². The van der Waals surface area contributed by atoms with Crippen molar-refractivity contribution in [3.63, 3.8) is 0 Å². The largest absolute Gasteiger partial charge is 0.354 e. The van der Waals surface area contributed by atoms with Crippen LogP contribution < -0.4 is 10.6 Å². The molecule has 1 aliphatic rings. The maximum atomic E-state index is 12.0. The molecule has 1 heterocycles. The summed E-state index contributed by atoms with van der Waals surface area (Å²) in [5, 5.41) is 6.27. The normalized spacial score (nSPS) is 17.4. The minimum atomic E-state index is -0.158. The van der Waals surface area contributed by atoms with Crippen LogP contribution in [0.5, 0.6) is 0 Å². The summed E-state index contributed by atoms with van der Waals surface area (Å²) in [5.41, 5.74) is 0.888. The summed E-state index contributed by atoms with van der Waals surface area (Å²) in [4.78, 5) is 25.1. The van der Waals surface area contributed by atoms with E-state index in [1.165, 1.54) is 0 Å². The van der Waals surface area contributed by atoms with Crippen LogP contribution in [0.15, 0.2) is 24.3 Å². The van der Waals surface area contributed by atoms with Crippen molar-refractivity contribution in [1.82, 2.24) is 15.5 Å². The van der Waals surface area contributed by atoms with E-state index in [9.17, 15) is 9.59 Å². The number of carbonyl (C=O) groups is 2. The van der Waals surface area contributed by atoms with Gasteiger partial charge in [-0.3, -0.25) is 14.5 Å². The standard InChI is InChI=1S/C14H18ClN3O2/c1-10(11-4-2-3-5-12(11)15)17-14(20)9-18-7-6-16-13(19)8-18/h2-5,10H,6-9H2,1H3,(H,16,19)(H,17,20)/t10-/m1/s1. The van der Waals surface area contributed by atoms with Crippen LogP contribution in [0.3, 0.4) is 0 Å². The lowest BCUT2D eigenvalue weighted by Crippen LogP contribution is -2.50. The van der Waals surface area contributed by atoms with Gasteiger partial charge >= 0.3 is 0 Å². The number of rotatable bonds is 4. The Morgan fingerprint density at radius 3 is 2.95 bits per heavy atom. The van der Waals surface area contributed by atoms with Crippen molar-refractivity contribution in [3.05, 3.63) is 34.9 Å². The summed E-state index contributed by atoms with van der Waals surface area (Å²) in [5.74, 6) is -0.143. The molecule has 0 radical (unpaired) electrons. The van der Waals surface area contributed by atoms with Gasteiger partial charge in [0.1, 0.15) is 0 Å². The van der Waals surface area contributed by atoms with Crippen molar-refractivity contribution in [3.8, 4) is 0 Å². The molecular formula is C14H18ClN3O2. The summed E-state index contributed by atoms with van der Waals surface area (Å²) in [6.07, 6.45) is 0. The van der Waals surface area contributed by atoms with Gasteiger partial charge in [0.05, 0.1) is 19.1 Å². The van der Waals surface area contributed by atoms with Crippen LogP contribution in [0.25, 0.3) is 0 Å². The number of hydrogen-bond acceptors (Lipinski definition) is 3. The van der Waals surface area contributed by atoms with Crippen molar-refractivity contribution in [2.75, 3.05) is 26.2 Å². The van der Waals surface area contributed by atoms with E-state index in [1.807, 2.05) is 30.0 Å². The molecule has 6 heteroatoms. The molecule has 1 saturated heterocycles. The lowest BCUT2D eigenvalue weighted by Gasteiger charge is -2.26. The molecule has 0 bridgehead atoms. The monoisotopic (exact) mass is 295 g/mol. The first-order chi connectivity index (χ1) is 9.56. The highest BCUT2D eigenvalue weighted by molar-refractivity contribution is 6.31. The van der Waals surface area contributed by atoms with Crippen molar-refractivity contribution in [2.24, 2.45) is 0 Å². The van der Waals surface area contributed by atoms with Gasteiger partial charge in [-0.25, -0.2) is 0 Å². The second kappa shape index (κ2) is 6.72. The van der Waals surface area contributed by atoms with Crippen LogP contribution in [0.2, 0.25) is 5.02 Å². The zero-order chi connectivity index (χ0) is 14.5. The van der Waals surface area contributed by atoms with Crippen molar-refractivity contribution in [2.45, 2.75) is 13.0 Å². The van der Waals surface area contributed by atoms with Gasteiger partial charge in [-0.2, -0.15) is 0 Å². The Morgan fingerprint density at radius 2 is 2.25 bits per heavy atom. The SMILES string of the molecule is C[C@@H](NC(=O)CN1CCNC(=O)C1)c1ccccc1Cl. The molecule has 1 aliphatic heterocycles. The second-order valence-electron chi connectivity index (χ2n) is 4.87. The Bertz CT molecular complexity index is 507. The highest BCUT2D eigenvalue weighted by atomic mass is 35.5. The Labute approximate surface area is 123 Å². The molecule has 5 nitrogen and oxygen atoms in total. The second-order valence-corrected chi connectivity index (χ2v) is 5.28. The molecule has 0 saturated carbocycles. The molecule has 1 aromatic rings. The number of halogens is 1. The van der Waals surface area contributed by atoms with E-state index in [0.717, 1.165) is 5.56 Å². The summed E-state index contributed by atoms with van der Waals surface area (Å²) in [6.45, 7) is 3.67. The molecule has 1 aromatic carbocycles. The number of amides is 2. The summed E-state index contributed by atoms with van der Waals surface area (Å²) in [6, 6.07) is 7.27. The third-order valence-corrected chi connectivity index (χ3v) is 3.58. The Kier molecular flexibility index (Phi) is 4.98. The van der Waals surface area contributed by atoms with Crippen LogP contribution in [0.4, 0.5) is 0 Å². The fourth-order valence-electron chi connectivity index (χ4n) is 2.22. The van der Waals surface area contributed by atoms with Crippen LogP contribution in [0.1, 0.15) is 18.5 Å². The van der Waals surface area contributed by atoms with Crippen molar-refractivity contribution < 1.29 is 9.59 Å². The highest BCUT2D eigenvalue weighted by Gasteiger charge is 2.19. The third-order valence-electron chi connectivity index (χ3n) is 3.23. The fraction of sp³-hybridized carbons (Fsp3) is 0.429. The zero-order valence-corrected chi connectivity index (χ0v) is 12.1. The molecular weight excluding hydrogens is 278 g/mol. The quantitative estimate of drug-likeness (QED) is 0.869. The van der Waals surface area contributed by atoms with Gasteiger partial charge < -0.3 is 10.6 Å². The first-order valence-electron chi connectivity index (χ1n) is 6.59. The molecule has 2 rings (SSSR count). The van der Waals surface area contributed by atoms with E-state index in [2.05, 4.69) is 10.6 Å². The summed E-state index contributed by atoms with van der Waals surface area (Å²) < 4.78 is 0. The predicted octanol–water partition coefficient (Wildman–Crippen LogP) is 0.949. The molecule has 1 fully saturated rings. The average molecular weight is 296 g/mol. The number of benzene rings is 1. The number of piperazine rings is 1. The molecule has 2 N–H and O–H groups in total. The number of nitrogens with one attached hydrogen (secondary N) is 2. The summed E-state index contributed by atoms with van der Waals surface area (Å²) >= 11 is 6.10. The van der Waals surface area contributed by atoms with Gasteiger partial charge in [0.2, 0.25) is 11.8 Å². The van der Waals surface area contributed by atoms with E-state index in [4.69, 9.17) is 11.6 Å². The number of nitrogens with zero attached hydrogens (tertiary/aromatic N) is 1. The molecule has 108 valence electrons. The lowest BCUT2D eigenvalue weighted by atomic mass is 10.1. The maximum absolute atomic E-state index is 12.0. The minimum absolute atomic E-state index is 0.0387. The van der Waals surface area contributed by atoms with Crippen LogP contribution in [-0.4, -0.2) is 42.9 Å². The molecule has 0 aromatic heterocycles. The average Bonchev–Trinajstić information content (AvgIpc) is 2.38. The van der Waals surface area contributed by atoms with Crippen molar-refractivity contribution in [1.29, 1.82) is 0 Å². The molecule has 20 heavy (non-hydrogen) atoms. The van der Waals surface area contributed by atoms with Crippen molar-refractivity contribution >= 4 is 23.4 Å². The molecule has 2 amide bonds. The fourth-order valence-corrected chi connectivity index (χ4v) is 2.52. The van der Waals surface area contributed by atoms with Crippen LogP contribution >= 0.6 is 11.6 Å². The molecule has 0 aliphatic carbocycles. The predicted molar refractivity (Wildman–Crippen MR) is 77.5 cm³/mol. The number of hydrogen-bond donors (Lipinski definition) is 2. The Hall–Kier alpha value is -1.59. The first kappa shape index (κ1) is 14.8. The highest BCUT2D eigenvalue weighted by Crippen LogP contribution is 2.21. The molecule has 0 unspecified atom stereocenters. The van der Waals surface area contributed by atoms with E-state index < -0.39 is 0 Å². The van der Waals surface area contributed by atoms with Crippen LogP contribution in [0, 0.1) is 0 Å². The smallest absolute Gasteiger partial charge is 0.234 e. The van der Waals surface area contributed by atoms with E-state index >= 15 is 0 Å². The van der Waals surface area contributed by atoms with E-state index in [0.29, 0.717) is 18.1 Å². The molecule has 0 spiro atoms. The van der Waals surface area contributed by atoms with E-state index in [1.54, 1.807) is 6.07 Å². The topological polar surface area (TPSA) is 61.4 Å². The minimum Gasteiger partial charge on any atom is -0.354 e.